The molecule has 0 spiro atoms. The predicted molar refractivity (Wildman–Crippen MR) is 137 cm³/mol. The van der Waals surface area contributed by atoms with E-state index < -0.39 is 28.5 Å². The Kier molecular flexibility index (Phi) is 10.4. The molecule has 0 saturated carbocycles. The van der Waals surface area contributed by atoms with Crippen molar-refractivity contribution < 1.29 is 22.7 Å². The largest absolute Gasteiger partial charge is 0.497 e. The summed E-state index contributed by atoms with van der Waals surface area (Å²) in [6, 6.07) is 13.2. The number of nitrogens with one attached hydrogen (secondary N) is 1. The van der Waals surface area contributed by atoms with Crippen LogP contribution in [0.1, 0.15) is 32.3 Å². The maximum absolute atomic E-state index is 13.6. The Morgan fingerprint density at radius 1 is 1.12 bits per heavy atom. The first-order valence-corrected chi connectivity index (χ1v) is 13.7. The molecule has 34 heavy (non-hydrogen) atoms. The number of hydrogen-bond donors (Lipinski definition) is 1. The molecule has 0 bridgehead atoms. The fraction of sp³-hybridized carbons (Fsp3) is 0.417. The zero-order valence-corrected chi connectivity index (χ0v) is 22.4. The van der Waals surface area contributed by atoms with Crippen LogP contribution in [0.15, 0.2) is 53.0 Å². The first kappa shape index (κ1) is 27.7. The number of rotatable bonds is 12. The number of anilines is 1. The molecule has 0 fully saturated rings. The topological polar surface area (TPSA) is 96.0 Å². The lowest BCUT2D eigenvalue weighted by Gasteiger charge is -2.33. The number of halogens is 1. The van der Waals surface area contributed by atoms with Gasteiger partial charge < -0.3 is 15.0 Å². The monoisotopic (exact) mass is 553 g/mol. The van der Waals surface area contributed by atoms with Crippen molar-refractivity contribution in [3.63, 3.8) is 0 Å². The summed E-state index contributed by atoms with van der Waals surface area (Å²) in [6.45, 7) is 3.99. The molecule has 0 aromatic heterocycles. The Balaban J connectivity index is 2.41. The van der Waals surface area contributed by atoms with Crippen LogP contribution in [0.25, 0.3) is 0 Å². The average Bonchev–Trinajstić information content (AvgIpc) is 2.80. The van der Waals surface area contributed by atoms with E-state index in [2.05, 4.69) is 21.2 Å². The first-order valence-electron chi connectivity index (χ1n) is 11.0. The quantitative estimate of drug-likeness (QED) is 0.433. The number of ether oxygens (including phenoxy) is 1. The number of sulfonamides is 1. The Morgan fingerprint density at radius 2 is 1.79 bits per heavy atom. The van der Waals surface area contributed by atoms with E-state index in [9.17, 15) is 18.0 Å². The molecular formula is C24H32BrN3O5S. The lowest BCUT2D eigenvalue weighted by atomic mass is 10.1. The molecule has 0 aliphatic rings. The van der Waals surface area contributed by atoms with Crippen LogP contribution in [0.4, 0.5) is 5.69 Å². The minimum absolute atomic E-state index is 0.150. The van der Waals surface area contributed by atoms with E-state index in [1.807, 2.05) is 26.0 Å². The zero-order chi connectivity index (χ0) is 25.3. The molecule has 8 nitrogen and oxygen atoms in total. The molecule has 0 radical (unpaired) electrons. The van der Waals surface area contributed by atoms with Gasteiger partial charge in [-0.05, 0) is 48.7 Å². The highest BCUT2D eigenvalue weighted by Gasteiger charge is 2.31. The third-order valence-electron chi connectivity index (χ3n) is 5.22. The van der Waals surface area contributed by atoms with Gasteiger partial charge in [0.1, 0.15) is 18.3 Å². The van der Waals surface area contributed by atoms with Gasteiger partial charge in [-0.1, -0.05) is 48.0 Å². The third kappa shape index (κ3) is 7.73. The molecule has 2 amide bonds. The fourth-order valence-corrected chi connectivity index (χ4v) is 4.69. The van der Waals surface area contributed by atoms with Crippen molar-refractivity contribution in [2.45, 2.75) is 39.3 Å². The first-order chi connectivity index (χ1) is 16.1. The summed E-state index contributed by atoms with van der Waals surface area (Å²) in [7, 11) is -2.20. The summed E-state index contributed by atoms with van der Waals surface area (Å²) in [6.07, 6.45) is 2.20. The molecule has 0 unspecified atom stereocenters. The second kappa shape index (κ2) is 12.8. The molecule has 0 heterocycles. The summed E-state index contributed by atoms with van der Waals surface area (Å²) in [5.74, 6) is -0.0634. The normalized spacial score (nSPS) is 12.0. The number of carbonyl (C=O) groups is 2. The third-order valence-corrected chi connectivity index (χ3v) is 6.86. The van der Waals surface area contributed by atoms with Crippen molar-refractivity contribution in [1.82, 2.24) is 10.2 Å². The van der Waals surface area contributed by atoms with E-state index >= 15 is 0 Å². The molecule has 10 heteroatoms. The van der Waals surface area contributed by atoms with Crippen molar-refractivity contribution in [2.24, 2.45) is 0 Å². The molecule has 0 aliphatic carbocycles. The molecular weight excluding hydrogens is 522 g/mol. The Labute approximate surface area is 210 Å². The predicted octanol–water partition coefficient (Wildman–Crippen LogP) is 3.56. The second-order valence-electron chi connectivity index (χ2n) is 7.83. The summed E-state index contributed by atoms with van der Waals surface area (Å²) >= 11 is 3.35. The summed E-state index contributed by atoms with van der Waals surface area (Å²) in [5.41, 5.74) is 1.15. The van der Waals surface area contributed by atoms with E-state index in [1.165, 1.54) is 4.90 Å². The second-order valence-corrected chi connectivity index (χ2v) is 10.7. The smallest absolute Gasteiger partial charge is 0.244 e. The minimum Gasteiger partial charge on any atom is -0.497 e. The van der Waals surface area contributed by atoms with Gasteiger partial charge in [0.2, 0.25) is 21.8 Å². The summed E-state index contributed by atoms with van der Waals surface area (Å²) < 4.78 is 32.1. The van der Waals surface area contributed by atoms with Crippen LogP contribution in [0.3, 0.4) is 0 Å². The molecule has 2 aromatic carbocycles. The maximum Gasteiger partial charge on any atom is 0.244 e. The van der Waals surface area contributed by atoms with E-state index in [0.29, 0.717) is 28.9 Å². The van der Waals surface area contributed by atoms with Crippen LogP contribution < -0.4 is 14.4 Å². The van der Waals surface area contributed by atoms with Gasteiger partial charge in [-0.15, -0.1) is 0 Å². The number of hydrogen-bond acceptors (Lipinski definition) is 5. The highest BCUT2D eigenvalue weighted by Crippen LogP contribution is 2.23. The van der Waals surface area contributed by atoms with Gasteiger partial charge in [-0.3, -0.25) is 13.9 Å². The number of methoxy groups -OCH3 is 1. The van der Waals surface area contributed by atoms with Crippen LogP contribution >= 0.6 is 15.9 Å². The number of carbonyl (C=O) groups excluding carboxylic acids is 2. The molecule has 1 N–H and O–H groups in total. The van der Waals surface area contributed by atoms with Crippen molar-refractivity contribution in [3.05, 3.63) is 58.6 Å². The van der Waals surface area contributed by atoms with Crippen LogP contribution in [0, 0.1) is 0 Å². The Hall–Kier alpha value is -2.59. The standard InChI is InChI=1S/C24H32BrN3O5S/c1-5-14-26-24(30)22(6-2)27(16-18-10-12-21(33-3)13-11-18)23(29)17-28(34(4,31)32)20-9-7-8-19(25)15-20/h7-13,15,22H,5-6,14,16-17H2,1-4H3,(H,26,30)/t22-/m0/s1. The molecule has 1 atom stereocenters. The Morgan fingerprint density at radius 3 is 2.32 bits per heavy atom. The van der Waals surface area contributed by atoms with E-state index in [4.69, 9.17) is 4.74 Å². The number of amides is 2. The average molecular weight is 555 g/mol. The van der Waals surface area contributed by atoms with Gasteiger partial charge in [0.05, 0.1) is 19.1 Å². The highest BCUT2D eigenvalue weighted by atomic mass is 79.9. The lowest BCUT2D eigenvalue weighted by Crippen LogP contribution is -2.52. The van der Waals surface area contributed by atoms with Gasteiger partial charge in [-0.25, -0.2) is 8.42 Å². The highest BCUT2D eigenvalue weighted by molar-refractivity contribution is 9.10. The SMILES string of the molecule is CCCNC(=O)[C@H](CC)N(Cc1ccc(OC)cc1)C(=O)CN(c1cccc(Br)c1)S(C)(=O)=O. The van der Waals surface area contributed by atoms with Crippen molar-refractivity contribution in [2.75, 3.05) is 30.8 Å². The maximum atomic E-state index is 13.6. The van der Waals surface area contributed by atoms with Crippen LogP contribution in [-0.4, -0.2) is 57.6 Å². The minimum atomic E-state index is -3.76. The van der Waals surface area contributed by atoms with Gasteiger partial charge in [0.25, 0.3) is 0 Å². The van der Waals surface area contributed by atoms with Gasteiger partial charge in [0.15, 0.2) is 0 Å². The Bertz CT molecular complexity index is 1080. The van der Waals surface area contributed by atoms with Crippen molar-refractivity contribution in [3.8, 4) is 5.75 Å². The molecule has 0 saturated heterocycles. The fourth-order valence-electron chi connectivity index (χ4n) is 3.46. The molecule has 2 rings (SSSR count). The molecule has 2 aromatic rings. The summed E-state index contributed by atoms with van der Waals surface area (Å²) in [4.78, 5) is 27.9. The van der Waals surface area contributed by atoms with Crippen molar-refractivity contribution in [1.29, 1.82) is 0 Å². The van der Waals surface area contributed by atoms with E-state index in [-0.39, 0.29) is 12.5 Å². The zero-order valence-electron chi connectivity index (χ0n) is 20.0. The van der Waals surface area contributed by atoms with Crippen LogP contribution in [0.2, 0.25) is 0 Å². The van der Waals surface area contributed by atoms with Crippen LogP contribution in [-0.2, 0) is 26.2 Å². The van der Waals surface area contributed by atoms with Crippen molar-refractivity contribution >= 4 is 43.5 Å². The molecule has 186 valence electrons. The van der Waals surface area contributed by atoms with Gasteiger partial charge in [-0.2, -0.15) is 0 Å². The van der Waals surface area contributed by atoms with E-state index in [0.717, 1.165) is 22.5 Å². The van der Waals surface area contributed by atoms with Gasteiger partial charge in [0, 0.05) is 17.6 Å². The van der Waals surface area contributed by atoms with E-state index in [1.54, 1.807) is 43.5 Å². The van der Waals surface area contributed by atoms with Crippen LogP contribution in [0.5, 0.6) is 5.75 Å². The molecule has 0 aliphatic heterocycles. The number of nitrogens with zero attached hydrogens (tertiary/aromatic N) is 2. The summed E-state index contributed by atoms with van der Waals surface area (Å²) in [5, 5.41) is 2.85. The van der Waals surface area contributed by atoms with Gasteiger partial charge >= 0.3 is 0 Å². The lowest BCUT2D eigenvalue weighted by molar-refractivity contribution is -0.140. The number of benzene rings is 2.